The summed E-state index contributed by atoms with van der Waals surface area (Å²) in [5, 5.41) is 0. The molecule has 16 heavy (non-hydrogen) atoms. The van der Waals surface area contributed by atoms with Gasteiger partial charge in [0, 0.05) is 19.0 Å². The fourth-order valence-electron chi connectivity index (χ4n) is 1.79. The third-order valence-corrected chi connectivity index (χ3v) is 2.67. The highest BCUT2D eigenvalue weighted by atomic mass is 16.5. The summed E-state index contributed by atoms with van der Waals surface area (Å²) in [7, 11) is 3.14. The fraction of sp³-hybridized carbons (Fsp3) is 0.462. The van der Waals surface area contributed by atoms with Gasteiger partial charge in [0.15, 0.2) is 0 Å². The molecule has 0 aliphatic carbocycles. The predicted molar refractivity (Wildman–Crippen MR) is 64.5 cm³/mol. The molecule has 0 aliphatic heterocycles. The van der Waals surface area contributed by atoms with Crippen molar-refractivity contribution in [3.63, 3.8) is 0 Å². The van der Waals surface area contributed by atoms with E-state index in [1.54, 1.807) is 11.9 Å². The Kier molecular flexibility index (Phi) is 3.93. The number of hydrogen-bond acceptors (Lipinski definition) is 2. The molecular formula is C13H19NO2. The van der Waals surface area contributed by atoms with Crippen LogP contribution in [0, 0.1) is 0 Å². The van der Waals surface area contributed by atoms with Gasteiger partial charge < -0.3 is 9.64 Å². The zero-order chi connectivity index (χ0) is 12.2. The molecule has 1 rings (SSSR count). The lowest BCUT2D eigenvalue weighted by Gasteiger charge is -2.30. The van der Waals surface area contributed by atoms with Gasteiger partial charge in [0.1, 0.15) is 0 Å². The second-order valence-electron chi connectivity index (χ2n) is 4.58. The van der Waals surface area contributed by atoms with Crippen molar-refractivity contribution in [1.29, 1.82) is 0 Å². The number of carbonyl (C=O) groups is 1. The minimum absolute atomic E-state index is 0.0792. The average Bonchev–Trinajstić information content (AvgIpc) is 2.28. The molecule has 0 radical (unpaired) electrons. The molecule has 0 N–H and O–H groups in total. The Hall–Kier alpha value is -1.51. The highest BCUT2D eigenvalue weighted by Gasteiger charge is 2.24. The van der Waals surface area contributed by atoms with Gasteiger partial charge in [-0.1, -0.05) is 44.2 Å². The quantitative estimate of drug-likeness (QED) is 0.785. The number of nitrogens with zero attached hydrogens (tertiary/aromatic N) is 1. The maximum atomic E-state index is 11.3. The van der Waals surface area contributed by atoms with Crippen LogP contribution < -0.4 is 0 Å². The SMILES string of the molecule is COC(=O)N(C)CC(C)(C)c1ccccc1. The third kappa shape index (κ3) is 2.99. The first-order chi connectivity index (χ1) is 7.47. The molecule has 0 saturated carbocycles. The minimum atomic E-state index is -0.302. The zero-order valence-corrected chi connectivity index (χ0v) is 10.4. The molecule has 0 aromatic heterocycles. The van der Waals surface area contributed by atoms with E-state index >= 15 is 0 Å². The summed E-state index contributed by atoms with van der Waals surface area (Å²) in [6.45, 7) is 4.85. The lowest BCUT2D eigenvalue weighted by Crippen LogP contribution is -2.38. The molecule has 0 unspecified atom stereocenters. The summed E-state index contributed by atoms with van der Waals surface area (Å²) in [6.07, 6.45) is -0.302. The Morgan fingerprint density at radius 1 is 1.31 bits per heavy atom. The van der Waals surface area contributed by atoms with E-state index in [0.717, 1.165) is 0 Å². The first-order valence-corrected chi connectivity index (χ1v) is 5.32. The molecule has 0 saturated heterocycles. The summed E-state index contributed by atoms with van der Waals surface area (Å²) in [5.41, 5.74) is 1.13. The van der Waals surface area contributed by atoms with Crippen molar-refractivity contribution in [2.24, 2.45) is 0 Å². The van der Waals surface area contributed by atoms with Crippen LogP contribution in [0.15, 0.2) is 30.3 Å². The van der Waals surface area contributed by atoms with E-state index in [0.29, 0.717) is 6.54 Å². The minimum Gasteiger partial charge on any atom is -0.453 e. The van der Waals surface area contributed by atoms with Gasteiger partial charge in [0.25, 0.3) is 0 Å². The second-order valence-corrected chi connectivity index (χ2v) is 4.58. The van der Waals surface area contributed by atoms with Gasteiger partial charge in [-0.25, -0.2) is 4.79 Å². The Morgan fingerprint density at radius 2 is 1.88 bits per heavy atom. The van der Waals surface area contributed by atoms with E-state index in [4.69, 9.17) is 0 Å². The van der Waals surface area contributed by atoms with Gasteiger partial charge in [-0.2, -0.15) is 0 Å². The average molecular weight is 221 g/mol. The van der Waals surface area contributed by atoms with Crippen LogP contribution in [0.1, 0.15) is 19.4 Å². The largest absolute Gasteiger partial charge is 0.453 e. The first kappa shape index (κ1) is 12.6. The number of hydrogen-bond donors (Lipinski definition) is 0. The summed E-state index contributed by atoms with van der Waals surface area (Å²) in [5.74, 6) is 0. The van der Waals surface area contributed by atoms with Gasteiger partial charge >= 0.3 is 6.09 Å². The van der Waals surface area contributed by atoms with Crippen LogP contribution in [-0.4, -0.2) is 31.7 Å². The number of likely N-dealkylation sites (N-methyl/N-ethyl adjacent to an activating group) is 1. The van der Waals surface area contributed by atoms with E-state index in [2.05, 4.69) is 30.7 Å². The van der Waals surface area contributed by atoms with Gasteiger partial charge in [0.05, 0.1) is 7.11 Å². The van der Waals surface area contributed by atoms with E-state index in [1.165, 1.54) is 12.7 Å². The van der Waals surface area contributed by atoms with Crippen LogP contribution in [-0.2, 0) is 10.2 Å². The van der Waals surface area contributed by atoms with Gasteiger partial charge in [-0.05, 0) is 5.56 Å². The number of ether oxygens (including phenoxy) is 1. The van der Waals surface area contributed by atoms with Crippen LogP contribution in [0.2, 0.25) is 0 Å². The van der Waals surface area contributed by atoms with Crippen molar-refractivity contribution in [2.45, 2.75) is 19.3 Å². The van der Waals surface area contributed by atoms with Crippen molar-refractivity contribution in [3.05, 3.63) is 35.9 Å². The van der Waals surface area contributed by atoms with Crippen LogP contribution in [0.25, 0.3) is 0 Å². The zero-order valence-electron chi connectivity index (χ0n) is 10.4. The van der Waals surface area contributed by atoms with E-state index < -0.39 is 0 Å². The van der Waals surface area contributed by atoms with Crippen molar-refractivity contribution in [1.82, 2.24) is 4.90 Å². The maximum absolute atomic E-state index is 11.3. The van der Waals surface area contributed by atoms with Crippen LogP contribution in [0.4, 0.5) is 4.79 Å². The molecular weight excluding hydrogens is 202 g/mol. The highest BCUT2D eigenvalue weighted by Crippen LogP contribution is 2.23. The van der Waals surface area contributed by atoms with E-state index in [9.17, 15) is 4.79 Å². The maximum Gasteiger partial charge on any atom is 0.409 e. The number of amides is 1. The molecule has 0 aliphatic rings. The molecule has 0 heterocycles. The molecule has 0 spiro atoms. The summed E-state index contributed by atoms with van der Waals surface area (Å²) >= 11 is 0. The molecule has 3 nitrogen and oxygen atoms in total. The Morgan fingerprint density at radius 3 is 2.38 bits per heavy atom. The molecule has 3 heteroatoms. The van der Waals surface area contributed by atoms with Crippen molar-refractivity contribution < 1.29 is 9.53 Å². The van der Waals surface area contributed by atoms with E-state index in [1.807, 2.05) is 18.2 Å². The van der Waals surface area contributed by atoms with Crippen LogP contribution >= 0.6 is 0 Å². The standard InChI is InChI=1S/C13H19NO2/c1-13(2,10-14(3)12(15)16-4)11-8-6-5-7-9-11/h5-9H,10H2,1-4H3. The Balaban J connectivity index is 2.76. The van der Waals surface area contributed by atoms with Crippen molar-refractivity contribution in [2.75, 3.05) is 20.7 Å². The highest BCUT2D eigenvalue weighted by molar-refractivity contribution is 5.67. The molecule has 0 atom stereocenters. The molecule has 88 valence electrons. The van der Waals surface area contributed by atoms with Gasteiger partial charge in [0.2, 0.25) is 0 Å². The summed E-state index contributed by atoms with van der Waals surface area (Å²) < 4.78 is 4.68. The normalized spacial score (nSPS) is 11.0. The second kappa shape index (κ2) is 5.01. The molecule has 1 aromatic rings. The molecule has 1 aromatic carbocycles. The number of benzene rings is 1. The summed E-state index contributed by atoms with van der Waals surface area (Å²) in [4.78, 5) is 12.9. The monoisotopic (exact) mass is 221 g/mol. The topological polar surface area (TPSA) is 29.5 Å². The number of carbonyl (C=O) groups excluding carboxylic acids is 1. The number of rotatable bonds is 3. The van der Waals surface area contributed by atoms with Crippen LogP contribution in [0.3, 0.4) is 0 Å². The lowest BCUT2D eigenvalue weighted by atomic mass is 9.84. The van der Waals surface area contributed by atoms with Crippen molar-refractivity contribution >= 4 is 6.09 Å². The fourth-order valence-corrected chi connectivity index (χ4v) is 1.79. The lowest BCUT2D eigenvalue weighted by molar-refractivity contribution is 0.126. The van der Waals surface area contributed by atoms with Gasteiger partial charge in [-0.3, -0.25) is 0 Å². The third-order valence-electron chi connectivity index (χ3n) is 2.67. The Labute approximate surface area is 97.0 Å². The number of methoxy groups -OCH3 is 1. The predicted octanol–water partition coefficient (Wildman–Crippen LogP) is 2.66. The van der Waals surface area contributed by atoms with Gasteiger partial charge in [-0.15, -0.1) is 0 Å². The van der Waals surface area contributed by atoms with E-state index in [-0.39, 0.29) is 11.5 Å². The van der Waals surface area contributed by atoms with Crippen LogP contribution in [0.5, 0.6) is 0 Å². The first-order valence-electron chi connectivity index (χ1n) is 5.32. The molecule has 0 fully saturated rings. The molecule has 1 amide bonds. The Bertz CT molecular complexity index is 346. The molecule has 0 bridgehead atoms. The smallest absolute Gasteiger partial charge is 0.409 e. The summed E-state index contributed by atoms with van der Waals surface area (Å²) in [6, 6.07) is 10.2. The van der Waals surface area contributed by atoms with Crippen molar-refractivity contribution in [3.8, 4) is 0 Å².